The number of carbonyl (C=O) groups excluding carboxylic acids is 3. The van der Waals surface area contributed by atoms with Crippen LogP contribution >= 0.6 is 0 Å². The van der Waals surface area contributed by atoms with Crippen molar-refractivity contribution in [2.24, 2.45) is 0 Å². The second kappa shape index (κ2) is 11.9. The molecule has 8 nitrogen and oxygen atoms in total. The van der Waals surface area contributed by atoms with Crippen LogP contribution in [0.1, 0.15) is 38.3 Å². The smallest absolute Gasteiger partial charge is 0.408 e. The lowest BCUT2D eigenvalue weighted by Crippen LogP contribution is -2.48. The monoisotopic (exact) mass is 456 g/mol. The van der Waals surface area contributed by atoms with E-state index >= 15 is 0 Å². The van der Waals surface area contributed by atoms with Crippen molar-refractivity contribution >= 4 is 18.0 Å². The van der Waals surface area contributed by atoms with Crippen molar-refractivity contribution < 1.29 is 28.6 Å². The summed E-state index contributed by atoms with van der Waals surface area (Å²) in [4.78, 5) is 35.6. The number of aryl methyl sites for hydroxylation is 1. The molecule has 0 aliphatic heterocycles. The summed E-state index contributed by atoms with van der Waals surface area (Å²) in [5.41, 5.74) is 1.21. The first-order chi connectivity index (χ1) is 15.6. The molecule has 0 aromatic heterocycles. The van der Waals surface area contributed by atoms with Crippen molar-refractivity contribution in [1.82, 2.24) is 10.6 Å². The summed E-state index contributed by atoms with van der Waals surface area (Å²) >= 11 is 0. The van der Waals surface area contributed by atoms with Crippen LogP contribution in [0.25, 0.3) is 0 Å². The van der Waals surface area contributed by atoms with Gasteiger partial charge >= 0.3 is 12.1 Å². The molecule has 0 aliphatic carbocycles. The molecule has 2 aromatic carbocycles. The van der Waals surface area contributed by atoms with Gasteiger partial charge in [0.2, 0.25) is 5.91 Å². The first-order valence-electron chi connectivity index (χ1n) is 10.7. The van der Waals surface area contributed by atoms with E-state index in [0.29, 0.717) is 30.8 Å². The van der Waals surface area contributed by atoms with Gasteiger partial charge in [0.05, 0.1) is 7.11 Å². The molecule has 0 saturated heterocycles. The fourth-order valence-electron chi connectivity index (χ4n) is 2.97. The fraction of sp³-hybridized carbons (Fsp3) is 0.400. The Morgan fingerprint density at radius 1 is 0.909 bits per heavy atom. The number of rotatable bonds is 9. The summed E-state index contributed by atoms with van der Waals surface area (Å²) < 4.78 is 15.8. The van der Waals surface area contributed by atoms with Crippen LogP contribution < -0.4 is 15.4 Å². The predicted octanol–water partition coefficient (Wildman–Crippen LogP) is 3.77. The molecule has 0 radical (unpaired) electrons. The molecule has 0 aliphatic rings. The van der Waals surface area contributed by atoms with Gasteiger partial charge in [0, 0.05) is 19.9 Å². The lowest BCUT2D eigenvalue weighted by Gasteiger charge is -2.23. The Morgan fingerprint density at radius 2 is 1.45 bits per heavy atom. The molecular formula is C25H32N2O6. The average Bonchev–Trinajstić information content (AvgIpc) is 2.77. The molecule has 8 heteroatoms. The van der Waals surface area contributed by atoms with Gasteiger partial charge in [-0.15, -0.1) is 0 Å². The summed E-state index contributed by atoms with van der Waals surface area (Å²) in [5.74, 6) is 0.751. The normalized spacial score (nSPS) is 11.8. The molecular weight excluding hydrogens is 424 g/mol. The number of hydrogen-bond acceptors (Lipinski definition) is 6. The Morgan fingerprint density at radius 3 is 1.94 bits per heavy atom. The van der Waals surface area contributed by atoms with Gasteiger partial charge in [0.15, 0.2) is 0 Å². The largest absolute Gasteiger partial charge is 0.469 e. The van der Waals surface area contributed by atoms with Gasteiger partial charge in [-0.3, -0.25) is 9.59 Å². The zero-order valence-corrected chi connectivity index (χ0v) is 19.8. The number of hydrogen-bond donors (Lipinski definition) is 2. The summed E-state index contributed by atoms with van der Waals surface area (Å²) in [6.07, 6.45) is 0.587. The number of alkyl carbamates (subject to hydrolysis) is 1. The van der Waals surface area contributed by atoms with Crippen molar-refractivity contribution in [3.8, 4) is 11.5 Å². The molecule has 1 unspecified atom stereocenters. The lowest BCUT2D eigenvalue weighted by atomic mass is 10.1. The van der Waals surface area contributed by atoms with Crippen molar-refractivity contribution in [3.05, 3.63) is 59.7 Å². The van der Waals surface area contributed by atoms with E-state index in [1.807, 2.05) is 36.4 Å². The second-order valence-corrected chi connectivity index (χ2v) is 8.48. The molecule has 1 atom stereocenters. The number of amides is 2. The average molecular weight is 457 g/mol. The number of carbonyl (C=O) groups is 3. The van der Waals surface area contributed by atoms with E-state index in [2.05, 4.69) is 15.4 Å². The number of nitrogens with one attached hydrogen (secondary N) is 2. The predicted molar refractivity (Wildman–Crippen MR) is 124 cm³/mol. The summed E-state index contributed by atoms with van der Waals surface area (Å²) in [5, 5.41) is 5.18. The van der Waals surface area contributed by atoms with Crippen molar-refractivity contribution in [3.63, 3.8) is 0 Å². The first-order valence-corrected chi connectivity index (χ1v) is 10.7. The molecule has 0 fully saturated rings. The molecule has 2 N–H and O–H groups in total. The summed E-state index contributed by atoms with van der Waals surface area (Å²) in [6.45, 7) is 5.28. The van der Waals surface area contributed by atoms with E-state index in [1.165, 1.54) is 14.2 Å². The van der Waals surface area contributed by atoms with Crippen LogP contribution in [0.3, 0.4) is 0 Å². The third kappa shape index (κ3) is 9.22. The van der Waals surface area contributed by atoms with E-state index in [4.69, 9.17) is 9.47 Å². The highest BCUT2D eigenvalue weighted by Gasteiger charge is 2.24. The van der Waals surface area contributed by atoms with E-state index in [0.717, 1.165) is 11.1 Å². The van der Waals surface area contributed by atoms with Crippen LogP contribution in [0.5, 0.6) is 11.5 Å². The maximum absolute atomic E-state index is 12.2. The molecule has 2 amide bonds. The maximum atomic E-state index is 12.2. The molecule has 2 rings (SSSR count). The van der Waals surface area contributed by atoms with Crippen LogP contribution in [-0.2, 0) is 31.9 Å². The van der Waals surface area contributed by atoms with E-state index in [-0.39, 0.29) is 11.9 Å². The number of esters is 1. The Bertz CT molecular complexity index is 933. The number of benzene rings is 2. The number of methoxy groups -OCH3 is 1. The van der Waals surface area contributed by atoms with Gasteiger partial charge in [-0.25, -0.2) is 4.79 Å². The molecule has 2 aromatic rings. The third-order valence-corrected chi connectivity index (χ3v) is 4.62. The van der Waals surface area contributed by atoms with E-state index in [9.17, 15) is 14.4 Å². The Kier molecular flexibility index (Phi) is 9.27. The highest BCUT2D eigenvalue weighted by Crippen LogP contribution is 2.23. The van der Waals surface area contributed by atoms with Crippen LogP contribution in [0.4, 0.5) is 4.79 Å². The third-order valence-electron chi connectivity index (χ3n) is 4.62. The van der Waals surface area contributed by atoms with Gasteiger partial charge in [-0.1, -0.05) is 24.3 Å². The highest BCUT2D eigenvalue weighted by atomic mass is 16.6. The Hall–Kier alpha value is -3.55. The molecule has 178 valence electrons. The molecule has 0 spiro atoms. The SMILES string of the molecule is CNC(=O)C(Cc1ccc(Oc2ccc(CCC(=O)OC)cc2)cc1)NC(=O)OC(C)(C)C. The molecule has 0 saturated carbocycles. The first kappa shape index (κ1) is 25.7. The van der Waals surface area contributed by atoms with Crippen molar-refractivity contribution in [2.45, 2.75) is 51.7 Å². The molecule has 0 bridgehead atoms. The van der Waals surface area contributed by atoms with Gasteiger partial charge in [0.1, 0.15) is 23.1 Å². The summed E-state index contributed by atoms with van der Waals surface area (Å²) in [7, 11) is 2.89. The molecule has 33 heavy (non-hydrogen) atoms. The Labute approximate surface area is 194 Å². The second-order valence-electron chi connectivity index (χ2n) is 8.48. The van der Waals surface area contributed by atoms with Crippen molar-refractivity contribution in [1.29, 1.82) is 0 Å². The standard InChI is InChI=1S/C25H32N2O6/c1-25(2,3)33-24(30)27-21(23(29)26-4)16-18-8-13-20(14-9-18)32-19-11-6-17(7-12-19)10-15-22(28)31-5/h6-9,11-14,21H,10,15-16H2,1-5H3,(H,26,29)(H,27,30). The van der Waals surface area contributed by atoms with Crippen LogP contribution in [0.15, 0.2) is 48.5 Å². The summed E-state index contributed by atoms with van der Waals surface area (Å²) in [6, 6.07) is 14.0. The van der Waals surface area contributed by atoms with Gasteiger partial charge in [-0.2, -0.15) is 0 Å². The minimum atomic E-state index is -0.769. The Balaban J connectivity index is 1.96. The van der Waals surface area contributed by atoms with E-state index < -0.39 is 17.7 Å². The zero-order valence-electron chi connectivity index (χ0n) is 19.8. The van der Waals surface area contributed by atoms with Gasteiger partial charge < -0.3 is 24.8 Å². The minimum absolute atomic E-state index is 0.240. The molecule has 0 heterocycles. The van der Waals surface area contributed by atoms with Crippen LogP contribution in [0, 0.1) is 0 Å². The maximum Gasteiger partial charge on any atom is 0.408 e. The van der Waals surface area contributed by atoms with Gasteiger partial charge in [-0.05, 0) is 62.6 Å². The number of likely N-dealkylation sites (N-methyl/N-ethyl adjacent to an activating group) is 1. The lowest BCUT2D eigenvalue weighted by molar-refractivity contribution is -0.140. The quantitative estimate of drug-likeness (QED) is 0.557. The van der Waals surface area contributed by atoms with Crippen molar-refractivity contribution in [2.75, 3.05) is 14.2 Å². The van der Waals surface area contributed by atoms with Crippen LogP contribution in [0.2, 0.25) is 0 Å². The van der Waals surface area contributed by atoms with E-state index in [1.54, 1.807) is 32.9 Å². The topological polar surface area (TPSA) is 103 Å². The van der Waals surface area contributed by atoms with Gasteiger partial charge in [0.25, 0.3) is 0 Å². The zero-order chi connectivity index (χ0) is 24.4. The minimum Gasteiger partial charge on any atom is -0.469 e. The fourth-order valence-corrected chi connectivity index (χ4v) is 2.97. The highest BCUT2D eigenvalue weighted by molar-refractivity contribution is 5.85. The number of ether oxygens (including phenoxy) is 3. The van der Waals surface area contributed by atoms with Crippen LogP contribution in [-0.4, -0.2) is 43.8 Å².